The van der Waals surface area contributed by atoms with Crippen molar-refractivity contribution < 1.29 is 24.5 Å². The van der Waals surface area contributed by atoms with Crippen molar-refractivity contribution in [2.45, 2.75) is 31.9 Å². The lowest BCUT2D eigenvalue weighted by Crippen LogP contribution is -2.46. The normalized spacial score (nSPS) is 12.4. The van der Waals surface area contributed by atoms with Crippen LogP contribution in [0, 0.1) is 0 Å². The molecule has 0 amide bonds. The fourth-order valence-corrected chi connectivity index (χ4v) is 3.76. The fourth-order valence-electron chi connectivity index (χ4n) is 3.76. The highest BCUT2D eigenvalue weighted by Crippen LogP contribution is 2.25. The molecule has 0 spiro atoms. The van der Waals surface area contributed by atoms with Gasteiger partial charge in [-0.25, -0.2) is 9.78 Å². The van der Waals surface area contributed by atoms with Gasteiger partial charge in [-0.05, 0) is 62.2 Å². The van der Waals surface area contributed by atoms with Gasteiger partial charge in [-0.2, -0.15) is 0 Å². The second-order valence-electron chi connectivity index (χ2n) is 9.04. The van der Waals surface area contributed by atoms with Crippen molar-refractivity contribution in [3.63, 3.8) is 0 Å². The minimum atomic E-state index is -1.03. The minimum Gasteiger partial charge on any atom is -0.490 e. The molecule has 8 heteroatoms. The number of rotatable bonds is 11. The van der Waals surface area contributed by atoms with Crippen LogP contribution >= 0.6 is 0 Å². The Bertz CT molecular complexity index is 1270. The van der Waals surface area contributed by atoms with Crippen LogP contribution in [0.3, 0.4) is 0 Å². The number of aliphatic hydroxyl groups is 1. The summed E-state index contributed by atoms with van der Waals surface area (Å²) in [4.78, 5) is 18.1. The number of hydrogen-bond acceptors (Lipinski definition) is 6. The molecule has 4 aromatic rings. The standard InChI is InChI=1S/C27H29N3O5/c1-27(2,30-16-20(31)17-34-24-5-3-4-23-22(24)12-13-28-23)14-18-6-9-21(10-7-18)35-25-11-8-19(15-29-25)26(32)33/h3-13,15,20,28,30-31H,14,16-17H2,1-2H3,(H,32,33)/t20-/m0/s1. The lowest BCUT2D eigenvalue weighted by molar-refractivity contribution is 0.0696. The summed E-state index contributed by atoms with van der Waals surface area (Å²) in [6.45, 7) is 4.76. The molecule has 0 aliphatic heterocycles. The quantitative estimate of drug-likeness (QED) is 0.254. The maximum absolute atomic E-state index is 10.9. The smallest absolute Gasteiger partial charge is 0.337 e. The number of fused-ring (bicyclic) bond motifs is 1. The number of aromatic nitrogens is 2. The SMILES string of the molecule is CC(C)(Cc1ccc(Oc2ccc(C(=O)O)cn2)cc1)NC[C@H](O)COc1cccc2[nH]ccc12. The number of carbonyl (C=O) groups is 1. The van der Waals surface area contributed by atoms with Crippen LogP contribution < -0.4 is 14.8 Å². The lowest BCUT2D eigenvalue weighted by atomic mass is 9.94. The molecule has 0 unspecified atom stereocenters. The van der Waals surface area contributed by atoms with E-state index < -0.39 is 12.1 Å². The van der Waals surface area contributed by atoms with Crippen LogP contribution in [0.15, 0.2) is 73.1 Å². The van der Waals surface area contributed by atoms with Crippen molar-refractivity contribution in [1.29, 1.82) is 0 Å². The summed E-state index contributed by atoms with van der Waals surface area (Å²) in [6.07, 6.45) is 3.22. The van der Waals surface area contributed by atoms with E-state index in [1.54, 1.807) is 0 Å². The number of hydrogen-bond donors (Lipinski definition) is 4. The Morgan fingerprint density at radius 2 is 1.91 bits per heavy atom. The largest absolute Gasteiger partial charge is 0.490 e. The van der Waals surface area contributed by atoms with E-state index in [-0.39, 0.29) is 17.7 Å². The van der Waals surface area contributed by atoms with Crippen molar-refractivity contribution in [3.8, 4) is 17.4 Å². The molecule has 182 valence electrons. The second kappa shape index (κ2) is 10.6. The van der Waals surface area contributed by atoms with Gasteiger partial charge < -0.3 is 30.0 Å². The van der Waals surface area contributed by atoms with Gasteiger partial charge in [0.05, 0.1) is 5.56 Å². The van der Waals surface area contributed by atoms with E-state index in [9.17, 15) is 9.90 Å². The summed E-state index contributed by atoms with van der Waals surface area (Å²) in [5.74, 6) is 0.658. The van der Waals surface area contributed by atoms with Gasteiger partial charge in [0.1, 0.15) is 24.2 Å². The number of carboxylic acids is 1. The van der Waals surface area contributed by atoms with E-state index >= 15 is 0 Å². The van der Waals surface area contributed by atoms with E-state index in [0.717, 1.165) is 28.6 Å². The van der Waals surface area contributed by atoms with Gasteiger partial charge in [-0.3, -0.25) is 0 Å². The van der Waals surface area contributed by atoms with Crippen molar-refractivity contribution >= 4 is 16.9 Å². The van der Waals surface area contributed by atoms with Crippen LogP contribution in [0.25, 0.3) is 10.9 Å². The molecule has 4 rings (SSSR count). The Kier molecular flexibility index (Phi) is 7.33. The van der Waals surface area contributed by atoms with Crippen LogP contribution in [0.2, 0.25) is 0 Å². The third kappa shape index (κ3) is 6.59. The molecule has 0 saturated carbocycles. The van der Waals surface area contributed by atoms with Gasteiger partial charge in [0.2, 0.25) is 5.88 Å². The Morgan fingerprint density at radius 1 is 1.11 bits per heavy atom. The summed E-state index contributed by atoms with van der Waals surface area (Å²) in [5.41, 5.74) is 1.96. The van der Waals surface area contributed by atoms with Crippen molar-refractivity contribution in [1.82, 2.24) is 15.3 Å². The monoisotopic (exact) mass is 475 g/mol. The number of ether oxygens (including phenoxy) is 2. The van der Waals surface area contributed by atoms with Crippen LogP contribution in [0.5, 0.6) is 17.4 Å². The Balaban J connectivity index is 1.25. The van der Waals surface area contributed by atoms with Crippen LogP contribution in [-0.2, 0) is 6.42 Å². The van der Waals surface area contributed by atoms with E-state index in [0.29, 0.717) is 18.2 Å². The zero-order valence-corrected chi connectivity index (χ0v) is 19.7. The molecule has 0 aliphatic carbocycles. The number of benzene rings is 2. The first-order valence-corrected chi connectivity index (χ1v) is 11.4. The highest BCUT2D eigenvalue weighted by atomic mass is 16.5. The Labute approximate surface area is 203 Å². The molecule has 0 bridgehead atoms. The molecule has 0 aliphatic rings. The first-order chi connectivity index (χ1) is 16.8. The average Bonchev–Trinajstić information content (AvgIpc) is 3.32. The summed E-state index contributed by atoms with van der Waals surface area (Å²) in [5, 5.41) is 23.8. The van der Waals surface area contributed by atoms with E-state index in [2.05, 4.69) is 29.1 Å². The number of H-pyrrole nitrogens is 1. The maximum Gasteiger partial charge on any atom is 0.337 e. The van der Waals surface area contributed by atoms with E-state index in [1.165, 1.54) is 18.3 Å². The number of pyridine rings is 1. The number of aliphatic hydroxyl groups excluding tert-OH is 1. The molecule has 2 aromatic carbocycles. The zero-order chi connectivity index (χ0) is 24.8. The van der Waals surface area contributed by atoms with Gasteiger partial charge in [0.15, 0.2) is 0 Å². The molecule has 1 atom stereocenters. The number of β-amino-alcohol motifs (C(OH)–C–C–N with tert-alkyl or cyclic N) is 1. The number of nitrogens with one attached hydrogen (secondary N) is 2. The molecule has 0 radical (unpaired) electrons. The zero-order valence-electron chi connectivity index (χ0n) is 19.7. The lowest BCUT2D eigenvalue weighted by Gasteiger charge is -2.28. The van der Waals surface area contributed by atoms with Gasteiger partial charge in [0, 0.05) is 41.4 Å². The number of carboxylic acid groups (broad SMARTS) is 1. The van der Waals surface area contributed by atoms with Crippen molar-refractivity contribution in [2.75, 3.05) is 13.2 Å². The Morgan fingerprint density at radius 3 is 2.63 bits per heavy atom. The molecule has 35 heavy (non-hydrogen) atoms. The third-order valence-electron chi connectivity index (χ3n) is 5.58. The molecule has 0 saturated heterocycles. The first kappa shape index (κ1) is 24.3. The summed E-state index contributed by atoms with van der Waals surface area (Å²) in [7, 11) is 0. The van der Waals surface area contributed by atoms with Gasteiger partial charge in [-0.1, -0.05) is 18.2 Å². The molecule has 2 aromatic heterocycles. The molecule has 4 N–H and O–H groups in total. The molecule has 0 fully saturated rings. The molecule has 2 heterocycles. The van der Waals surface area contributed by atoms with Gasteiger partial charge in [0.25, 0.3) is 0 Å². The summed E-state index contributed by atoms with van der Waals surface area (Å²) in [6, 6.07) is 18.4. The predicted molar refractivity (Wildman–Crippen MR) is 133 cm³/mol. The van der Waals surface area contributed by atoms with Crippen LogP contribution in [0.4, 0.5) is 0 Å². The number of nitrogens with zero attached hydrogens (tertiary/aromatic N) is 1. The van der Waals surface area contributed by atoms with E-state index in [1.807, 2.05) is 54.7 Å². The van der Waals surface area contributed by atoms with Crippen molar-refractivity contribution in [3.05, 3.63) is 84.2 Å². The molecular formula is C27H29N3O5. The maximum atomic E-state index is 10.9. The number of aromatic amines is 1. The van der Waals surface area contributed by atoms with Crippen LogP contribution in [0.1, 0.15) is 29.8 Å². The average molecular weight is 476 g/mol. The van der Waals surface area contributed by atoms with Crippen LogP contribution in [-0.4, -0.2) is 50.9 Å². The molecule has 8 nitrogen and oxygen atoms in total. The highest BCUT2D eigenvalue weighted by molar-refractivity contribution is 5.87. The predicted octanol–water partition coefficient (Wildman–Crippen LogP) is 4.40. The second-order valence-corrected chi connectivity index (χ2v) is 9.04. The topological polar surface area (TPSA) is 117 Å². The first-order valence-electron chi connectivity index (χ1n) is 11.4. The Hall–Kier alpha value is -3.88. The minimum absolute atomic E-state index is 0.108. The number of aromatic carboxylic acids is 1. The van der Waals surface area contributed by atoms with Gasteiger partial charge in [-0.15, -0.1) is 0 Å². The van der Waals surface area contributed by atoms with Crippen molar-refractivity contribution in [2.24, 2.45) is 0 Å². The van der Waals surface area contributed by atoms with Gasteiger partial charge >= 0.3 is 5.97 Å². The fraction of sp³-hybridized carbons (Fsp3) is 0.259. The highest BCUT2D eigenvalue weighted by Gasteiger charge is 2.20. The van der Waals surface area contributed by atoms with E-state index in [4.69, 9.17) is 14.6 Å². The summed E-state index contributed by atoms with van der Waals surface area (Å²) < 4.78 is 11.5. The molecular weight excluding hydrogens is 446 g/mol. The third-order valence-corrected chi connectivity index (χ3v) is 5.58. The summed E-state index contributed by atoms with van der Waals surface area (Å²) >= 11 is 0.